The highest BCUT2D eigenvalue weighted by Gasteiger charge is 2.26. The Balaban J connectivity index is 1.70. The van der Waals surface area contributed by atoms with Crippen LogP contribution in [0.1, 0.15) is 29.0 Å². The standard InChI is InChI=1S/C15H17N5O4/c1-9-4-5-13(19-18-9)24-10-3-2-6-20(8-10)14(22)11-7-12(21)17-15(23)16-11/h4-5,7,10H,2-3,6,8H2,1H3,(H2,16,17,21,23)/t10-/m1/s1. The second kappa shape index (κ2) is 6.65. The van der Waals surface area contributed by atoms with Gasteiger partial charge in [0.05, 0.1) is 12.2 Å². The molecule has 3 heterocycles. The molecule has 9 heteroatoms. The molecule has 1 atom stereocenters. The summed E-state index contributed by atoms with van der Waals surface area (Å²) < 4.78 is 5.77. The van der Waals surface area contributed by atoms with Gasteiger partial charge in [0, 0.05) is 18.7 Å². The van der Waals surface area contributed by atoms with E-state index in [-0.39, 0.29) is 11.8 Å². The number of amides is 1. The van der Waals surface area contributed by atoms with Crippen molar-refractivity contribution < 1.29 is 9.53 Å². The van der Waals surface area contributed by atoms with Crippen molar-refractivity contribution in [1.29, 1.82) is 0 Å². The van der Waals surface area contributed by atoms with Crippen LogP contribution >= 0.6 is 0 Å². The van der Waals surface area contributed by atoms with Gasteiger partial charge in [-0.05, 0) is 25.8 Å². The van der Waals surface area contributed by atoms with E-state index in [4.69, 9.17) is 4.74 Å². The molecule has 2 aromatic heterocycles. The Bertz CT molecular complexity index is 814. The third-order valence-corrected chi connectivity index (χ3v) is 3.72. The molecule has 0 aliphatic carbocycles. The van der Waals surface area contributed by atoms with Gasteiger partial charge >= 0.3 is 5.69 Å². The summed E-state index contributed by atoms with van der Waals surface area (Å²) in [6.07, 6.45) is 1.32. The number of carbonyl (C=O) groups is 1. The summed E-state index contributed by atoms with van der Waals surface area (Å²) >= 11 is 0. The van der Waals surface area contributed by atoms with Crippen molar-refractivity contribution in [2.45, 2.75) is 25.9 Å². The predicted octanol–water partition coefficient (Wildman–Crippen LogP) is -0.155. The molecule has 1 aliphatic rings. The van der Waals surface area contributed by atoms with Crippen LogP contribution in [0.4, 0.5) is 0 Å². The van der Waals surface area contributed by atoms with Crippen LogP contribution in [0.25, 0.3) is 0 Å². The number of aromatic nitrogens is 4. The van der Waals surface area contributed by atoms with Crippen LogP contribution in [0.3, 0.4) is 0 Å². The predicted molar refractivity (Wildman–Crippen MR) is 84.0 cm³/mol. The molecule has 0 bridgehead atoms. The Kier molecular flexibility index (Phi) is 4.41. The largest absolute Gasteiger partial charge is 0.471 e. The first-order chi connectivity index (χ1) is 11.5. The smallest absolute Gasteiger partial charge is 0.326 e. The SMILES string of the molecule is Cc1ccc(O[C@@H]2CCCN(C(=O)c3cc(=O)[nH]c(=O)[nH]3)C2)nn1. The average Bonchev–Trinajstić information content (AvgIpc) is 2.56. The summed E-state index contributed by atoms with van der Waals surface area (Å²) in [4.78, 5) is 41.1. The molecule has 0 radical (unpaired) electrons. The van der Waals surface area contributed by atoms with E-state index in [0.29, 0.717) is 19.0 Å². The molecule has 24 heavy (non-hydrogen) atoms. The van der Waals surface area contributed by atoms with Gasteiger partial charge in [0.2, 0.25) is 5.88 Å². The topological polar surface area (TPSA) is 121 Å². The molecule has 0 unspecified atom stereocenters. The minimum Gasteiger partial charge on any atom is -0.471 e. The van der Waals surface area contributed by atoms with Crippen molar-refractivity contribution in [2.75, 3.05) is 13.1 Å². The fourth-order valence-electron chi connectivity index (χ4n) is 2.59. The number of aryl methyl sites for hydroxylation is 1. The number of nitrogens with zero attached hydrogens (tertiary/aromatic N) is 3. The van der Waals surface area contributed by atoms with Gasteiger partial charge < -0.3 is 14.6 Å². The van der Waals surface area contributed by atoms with Crippen molar-refractivity contribution in [3.8, 4) is 5.88 Å². The molecule has 0 saturated carbocycles. The number of ether oxygens (including phenoxy) is 1. The lowest BCUT2D eigenvalue weighted by Gasteiger charge is -2.32. The molecule has 1 amide bonds. The average molecular weight is 331 g/mol. The summed E-state index contributed by atoms with van der Waals surface area (Å²) in [7, 11) is 0. The number of H-pyrrole nitrogens is 2. The number of hydrogen-bond donors (Lipinski definition) is 2. The normalized spacial score (nSPS) is 17.5. The molecule has 0 aromatic carbocycles. The summed E-state index contributed by atoms with van der Waals surface area (Å²) in [5.41, 5.74) is -0.548. The number of aromatic amines is 2. The minimum atomic E-state index is -0.703. The lowest BCUT2D eigenvalue weighted by molar-refractivity contribution is 0.0519. The van der Waals surface area contributed by atoms with Crippen LogP contribution in [0, 0.1) is 6.92 Å². The van der Waals surface area contributed by atoms with E-state index >= 15 is 0 Å². The van der Waals surface area contributed by atoms with Gasteiger partial charge in [-0.2, -0.15) is 5.10 Å². The van der Waals surface area contributed by atoms with E-state index in [1.807, 2.05) is 11.9 Å². The van der Waals surface area contributed by atoms with Crippen LogP contribution < -0.4 is 16.0 Å². The van der Waals surface area contributed by atoms with Gasteiger partial charge in [-0.3, -0.25) is 14.6 Å². The molecular formula is C15H17N5O4. The highest BCUT2D eigenvalue weighted by Crippen LogP contribution is 2.17. The van der Waals surface area contributed by atoms with Crippen molar-refractivity contribution >= 4 is 5.91 Å². The van der Waals surface area contributed by atoms with Gasteiger partial charge in [-0.1, -0.05) is 0 Å². The zero-order valence-electron chi connectivity index (χ0n) is 13.1. The number of piperidine rings is 1. The molecule has 126 valence electrons. The molecule has 1 fully saturated rings. The Hall–Kier alpha value is -2.97. The summed E-state index contributed by atoms with van der Waals surface area (Å²) in [5, 5.41) is 7.89. The summed E-state index contributed by atoms with van der Waals surface area (Å²) in [6.45, 7) is 2.72. The van der Waals surface area contributed by atoms with Gasteiger partial charge in [-0.15, -0.1) is 5.10 Å². The van der Waals surface area contributed by atoms with E-state index in [2.05, 4.69) is 15.2 Å². The Morgan fingerprint density at radius 2 is 2.12 bits per heavy atom. The highest BCUT2D eigenvalue weighted by molar-refractivity contribution is 5.92. The maximum Gasteiger partial charge on any atom is 0.326 e. The maximum atomic E-state index is 12.5. The number of nitrogens with one attached hydrogen (secondary N) is 2. The minimum absolute atomic E-state index is 0.0282. The molecule has 1 aliphatic heterocycles. The van der Waals surface area contributed by atoms with Gasteiger partial charge in [-0.25, -0.2) is 4.79 Å². The van der Waals surface area contributed by atoms with Gasteiger partial charge in [0.15, 0.2) is 0 Å². The van der Waals surface area contributed by atoms with Gasteiger partial charge in [0.1, 0.15) is 11.8 Å². The third kappa shape index (κ3) is 3.67. The van der Waals surface area contributed by atoms with Crippen molar-refractivity contribution in [3.63, 3.8) is 0 Å². The maximum absolute atomic E-state index is 12.5. The van der Waals surface area contributed by atoms with Crippen LogP contribution in [-0.4, -0.2) is 50.2 Å². The quantitative estimate of drug-likeness (QED) is 0.806. The highest BCUT2D eigenvalue weighted by atomic mass is 16.5. The van der Waals surface area contributed by atoms with Crippen LogP contribution in [0.15, 0.2) is 27.8 Å². The fraction of sp³-hybridized carbons (Fsp3) is 0.400. The first kappa shape index (κ1) is 15.9. The first-order valence-corrected chi connectivity index (χ1v) is 7.61. The molecule has 9 nitrogen and oxygen atoms in total. The number of likely N-dealkylation sites (tertiary alicyclic amines) is 1. The van der Waals surface area contributed by atoms with E-state index in [0.717, 1.165) is 24.6 Å². The van der Waals surface area contributed by atoms with Crippen LogP contribution in [0.5, 0.6) is 5.88 Å². The van der Waals surface area contributed by atoms with Crippen molar-refractivity contribution in [1.82, 2.24) is 25.1 Å². The van der Waals surface area contributed by atoms with E-state index in [1.165, 1.54) is 0 Å². The third-order valence-electron chi connectivity index (χ3n) is 3.72. The van der Waals surface area contributed by atoms with E-state index in [1.54, 1.807) is 17.0 Å². The Morgan fingerprint density at radius 1 is 1.29 bits per heavy atom. The zero-order chi connectivity index (χ0) is 17.1. The van der Waals surface area contributed by atoms with Crippen LogP contribution in [-0.2, 0) is 0 Å². The Morgan fingerprint density at radius 3 is 2.83 bits per heavy atom. The molecule has 1 saturated heterocycles. The monoisotopic (exact) mass is 331 g/mol. The molecule has 2 N–H and O–H groups in total. The second-order valence-corrected chi connectivity index (χ2v) is 5.65. The van der Waals surface area contributed by atoms with Crippen LogP contribution in [0.2, 0.25) is 0 Å². The number of hydrogen-bond acceptors (Lipinski definition) is 6. The summed E-state index contributed by atoms with van der Waals surface area (Å²) in [5.74, 6) is 0.00551. The number of rotatable bonds is 3. The van der Waals surface area contributed by atoms with Crippen molar-refractivity contribution in [2.24, 2.45) is 0 Å². The van der Waals surface area contributed by atoms with E-state index in [9.17, 15) is 14.4 Å². The summed E-state index contributed by atoms with van der Waals surface area (Å²) in [6, 6.07) is 4.62. The molecule has 2 aromatic rings. The lowest BCUT2D eigenvalue weighted by atomic mass is 10.1. The first-order valence-electron chi connectivity index (χ1n) is 7.61. The molecule has 3 rings (SSSR count). The zero-order valence-corrected chi connectivity index (χ0v) is 13.1. The molecular weight excluding hydrogens is 314 g/mol. The fourth-order valence-corrected chi connectivity index (χ4v) is 2.59. The number of carbonyl (C=O) groups excluding carboxylic acids is 1. The lowest BCUT2D eigenvalue weighted by Crippen LogP contribution is -2.45. The Labute approximate surface area is 136 Å². The van der Waals surface area contributed by atoms with E-state index < -0.39 is 17.2 Å². The second-order valence-electron chi connectivity index (χ2n) is 5.65. The molecule has 0 spiro atoms. The van der Waals surface area contributed by atoms with Crippen molar-refractivity contribution in [3.05, 3.63) is 50.4 Å². The van der Waals surface area contributed by atoms with Gasteiger partial charge in [0.25, 0.3) is 11.5 Å².